The van der Waals surface area contributed by atoms with Gasteiger partial charge >= 0.3 is 0 Å². The molecule has 0 aliphatic rings. The van der Waals surface area contributed by atoms with Crippen molar-refractivity contribution >= 4 is 12.4 Å². The van der Waals surface area contributed by atoms with Crippen molar-refractivity contribution in [2.45, 2.75) is 25.9 Å². The molecule has 0 bridgehead atoms. The lowest BCUT2D eigenvalue weighted by Crippen LogP contribution is -2.06. The first kappa shape index (κ1) is 14.7. The molecule has 18 heavy (non-hydrogen) atoms. The van der Waals surface area contributed by atoms with Crippen LogP contribution in [0.1, 0.15) is 24.0 Å². The molecule has 0 radical (unpaired) electrons. The van der Waals surface area contributed by atoms with E-state index in [2.05, 4.69) is 12.0 Å². The Morgan fingerprint density at radius 1 is 1.33 bits per heavy atom. The molecule has 2 aromatic rings. The number of aromatic nitrogens is 2. The molecule has 2 N–H and O–H groups in total. The molecule has 0 saturated heterocycles. The van der Waals surface area contributed by atoms with Crippen LogP contribution in [0, 0.1) is 5.82 Å². The van der Waals surface area contributed by atoms with Gasteiger partial charge in [-0.2, -0.15) is 5.10 Å². The maximum Gasteiger partial charge on any atom is 0.123 e. The van der Waals surface area contributed by atoms with Crippen molar-refractivity contribution in [3.8, 4) is 0 Å². The smallest absolute Gasteiger partial charge is 0.123 e. The second kappa shape index (κ2) is 6.52. The minimum absolute atomic E-state index is 0. The van der Waals surface area contributed by atoms with Crippen LogP contribution in [0.5, 0.6) is 0 Å². The highest BCUT2D eigenvalue weighted by molar-refractivity contribution is 5.85. The summed E-state index contributed by atoms with van der Waals surface area (Å²) in [6.07, 6.45) is 3.72. The van der Waals surface area contributed by atoms with Crippen molar-refractivity contribution in [2.75, 3.05) is 0 Å². The van der Waals surface area contributed by atoms with Gasteiger partial charge in [0.1, 0.15) is 5.82 Å². The molecule has 0 aliphatic heterocycles. The minimum Gasteiger partial charge on any atom is -0.326 e. The Morgan fingerprint density at radius 3 is 2.56 bits per heavy atom. The van der Waals surface area contributed by atoms with Gasteiger partial charge in [-0.25, -0.2) is 4.39 Å². The van der Waals surface area contributed by atoms with Crippen molar-refractivity contribution in [1.29, 1.82) is 0 Å². The number of rotatable bonds is 4. The summed E-state index contributed by atoms with van der Waals surface area (Å²) in [4.78, 5) is 0. The second-order valence-corrected chi connectivity index (χ2v) is 4.23. The third-order valence-electron chi connectivity index (χ3n) is 2.82. The van der Waals surface area contributed by atoms with Crippen LogP contribution in [-0.2, 0) is 13.1 Å². The van der Waals surface area contributed by atoms with Gasteiger partial charge in [0.05, 0.1) is 6.20 Å². The van der Waals surface area contributed by atoms with Gasteiger partial charge in [0, 0.05) is 30.8 Å². The first-order chi connectivity index (χ1) is 8.19. The average Bonchev–Trinajstić information content (AvgIpc) is 2.77. The van der Waals surface area contributed by atoms with E-state index in [9.17, 15) is 4.39 Å². The molecule has 3 nitrogen and oxygen atoms in total. The second-order valence-electron chi connectivity index (χ2n) is 4.23. The Labute approximate surface area is 112 Å². The van der Waals surface area contributed by atoms with E-state index in [1.807, 2.05) is 23.0 Å². The molecule has 0 spiro atoms. The fourth-order valence-electron chi connectivity index (χ4n) is 1.79. The van der Waals surface area contributed by atoms with Crippen molar-refractivity contribution in [3.05, 3.63) is 53.6 Å². The predicted octanol–water partition coefficient (Wildman–Crippen LogP) is 2.71. The normalized spacial score (nSPS) is 11.9. The zero-order valence-electron chi connectivity index (χ0n) is 10.2. The lowest BCUT2D eigenvalue weighted by atomic mass is 10.0. The van der Waals surface area contributed by atoms with Crippen LogP contribution in [0.4, 0.5) is 4.39 Å². The van der Waals surface area contributed by atoms with Gasteiger partial charge in [0.25, 0.3) is 0 Å². The molecule has 0 aliphatic carbocycles. The Kier molecular flexibility index (Phi) is 5.31. The van der Waals surface area contributed by atoms with Gasteiger partial charge in [-0.1, -0.05) is 19.1 Å². The third kappa shape index (κ3) is 3.55. The van der Waals surface area contributed by atoms with Gasteiger partial charge in [0.2, 0.25) is 0 Å². The number of nitrogens with zero attached hydrogens (tertiary/aromatic N) is 2. The van der Waals surface area contributed by atoms with Crippen LogP contribution in [0.25, 0.3) is 0 Å². The highest BCUT2D eigenvalue weighted by Gasteiger charge is 2.07. The molecule has 0 saturated carbocycles. The maximum atomic E-state index is 12.8. The van der Waals surface area contributed by atoms with E-state index in [4.69, 9.17) is 5.73 Å². The molecule has 1 atom stereocenters. The quantitative estimate of drug-likeness (QED) is 0.927. The summed E-state index contributed by atoms with van der Waals surface area (Å²) in [5.74, 6) is 0.0894. The summed E-state index contributed by atoms with van der Waals surface area (Å²) in [6.45, 7) is 3.37. The summed E-state index contributed by atoms with van der Waals surface area (Å²) < 4.78 is 14.7. The first-order valence-electron chi connectivity index (χ1n) is 5.66. The van der Waals surface area contributed by atoms with Crippen LogP contribution < -0.4 is 5.73 Å². The SMILES string of the molecule is CC(Cn1cc(CN)cn1)c1ccc(F)cc1.Cl. The van der Waals surface area contributed by atoms with Crippen molar-refractivity contribution in [2.24, 2.45) is 5.73 Å². The molecular formula is C13H17ClFN3. The summed E-state index contributed by atoms with van der Waals surface area (Å²) >= 11 is 0. The monoisotopic (exact) mass is 269 g/mol. The Hall–Kier alpha value is -1.39. The van der Waals surface area contributed by atoms with Crippen molar-refractivity contribution in [1.82, 2.24) is 9.78 Å². The van der Waals surface area contributed by atoms with Gasteiger partial charge < -0.3 is 5.73 Å². The van der Waals surface area contributed by atoms with E-state index in [-0.39, 0.29) is 18.2 Å². The number of hydrogen-bond acceptors (Lipinski definition) is 2. The largest absolute Gasteiger partial charge is 0.326 e. The number of nitrogens with two attached hydrogens (primary N) is 1. The van der Waals surface area contributed by atoms with Crippen molar-refractivity contribution in [3.63, 3.8) is 0 Å². The molecule has 5 heteroatoms. The van der Waals surface area contributed by atoms with Crippen LogP contribution in [0.15, 0.2) is 36.7 Å². The summed E-state index contributed by atoms with van der Waals surface area (Å²) in [5, 5.41) is 4.23. The van der Waals surface area contributed by atoms with Crippen molar-refractivity contribution < 1.29 is 4.39 Å². The molecule has 1 unspecified atom stereocenters. The van der Waals surface area contributed by atoms with E-state index in [1.54, 1.807) is 6.20 Å². The van der Waals surface area contributed by atoms with E-state index in [1.165, 1.54) is 12.1 Å². The zero-order chi connectivity index (χ0) is 12.3. The van der Waals surface area contributed by atoms with Gasteiger partial charge in [0.15, 0.2) is 0 Å². The fraction of sp³-hybridized carbons (Fsp3) is 0.308. The van der Waals surface area contributed by atoms with E-state index < -0.39 is 0 Å². The molecule has 2 rings (SSSR count). The summed E-state index contributed by atoms with van der Waals surface area (Å²) in [5.41, 5.74) is 7.66. The number of hydrogen-bond donors (Lipinski definition) is 1. The van der Waals surface area contributed by atoms with Gasteiger partial charge in [-0.05, 0) is 17.7 Å². The summed E-state index contributed by atoms with van der Waals surface area (Å²) in [7, 11) is 0. The number of benzene rings is 1. The predicted molar refractivity (Wildman–Crippen MR) is 72.2 cm³/mol. The number of halogens is 2. The van der Waals surface area contributed by atoms with Crippen LogP contribution in [-0.4, -0.2) is 9.78 Å². The molecule has 98 valence electrons. The Morgan fingerprint density at radius 2 is 2.00 bits per heavy atom. The van der Waals surface area contributed by atoms with E-state index >= 15 is 0 Å². The molecule has 0 fully saturated rings. The summed E-state index contributed by atoms with van der Waals surface area (Å²) in [6, 6.07) is 6.60. The van der Waals surface area contributed by atoms with Crippen LogP contribution >= 0.6 is 12.4 Å². The van der Waals surface area contributed by atoms with Crippen LogP contribution in [0.3, 0.4) is 0 Å². The molecule has 0 amide bonds. The lowest BCUT2D eigenvalue weighted by molar-refractivity contribution is 0.541. The minimum atomic E-state index is -0.203. The van der Waals surface area contributed by atoms with Gasteiger partial charge in [-0.15, -0.1) is 12.4 Å². The molecule has 1 aromatic carbocycles. The third-order valence-corrected chi connectivity index (χ3v) is 2.82. The zero-order valence-corrected chi connectivity index (χ0v) is 11.0. The van der Waals surface area contributed by atoms with Crippen LogP contribution in [0.2, 0.25) is 0 Å². The Bertz CT molecular complexity index is 481. The van der Waals surface area contributed by atoms with E-state index in [0.29, 0.717) is 12.5 Å². The highest BCUT2D eigenvalue weighted by atomic mass is 35.5. The Balaban J connectivity index is 0.00000162. The highest BCUT2D eigenvalue weighted by Crippen LogP contribution is 2.17. The fourth-order valence-corrected chi connectivity index (χ4v) is 1.79. The average molecular weight is 270 g/mol. The maximum absolute atomic E-state index is 12.8. The molecule has 1 aromatic heterocycles. The lowest BCUT2D eigenvalue weighted by Gasteiger charge is -2.11. The molecular weight excluding hydrogens is 253 g/mol. The van der Waals surface area contributed by atoms with Gasteiger partial charge in [-0.3, -0.25) is 4.68 Å². The molecule has 1 heterocycles. The topological polar surface area (TPSA) is 43.8 Å². The first-order valence-corrected chi connectivity index (χ1v) is 5.66. The van der Waals surface area contributed by atoms with E-state index in [0.717, 1.165) is 17.7 Å². The standard InChI is InChI=1S/C13H16FN3.ClH/c1-10(12-2-4-13(14)5-3-12)8-17-9-11(6-15)7-16-17;/h2-5,7,9-10H,6,8,15H2,1H3;1H.